The predicted octanol–water partition coefficient (Wildman–Crippen LogP) is 5.10. The van der Waals surface area contributed by atoms with E-state index in [0.717, 1.165) is 0 Å². The van der Waals surface area contributed by atoms with E-state index in [9.17, 15) is 18.0 Å². The highest BCUT2D eigenvalue weighted by Gasteiger charge is 2.50. The molecule has 0 spiro atoms. The zero-order valence-electron chi connectivity index (χ0n) is 13.5. The molecule has 0 fully saturated rings. The van der Waals surface area contributed by atoms with E-state index in [4.69, 9.17) is 16.3 Å². The molecule has 2 heterocycles. The molecule has 0 saturated heterocycles. The summed E-state index contributed by atoms with van der Waals surface area (Å²) in [6.07, 6.45) is -4.32. The van der Waals surface area contributed by atoms with Gasteiger partial charge in [-0.25, -0.2) is 0 Å². The number of ether oxygens (including phenoxy) is 1. The van der Waals surface area contributed by atoms with Crippen molar-refractivity contribution in [1.29, 1.82) is 0 Å². The maximum atomic E-state index is 13.8. The highest BCUT2D eigenvalue weighted by atomic mass is 35.5. The molecular formula is C17H17ClF3NO2. The van der Waals surface area contributed by atoms with Crippen molar-refractivity contribution in [2.24, 2.45) is 0 Å². The summed E-state index contributed by atoms with van der Waals surface area (Å²) < 4.78 is 48.0. The number of carbonyl (C=O) groups excluding carboxylic acids is 1. The molecule has 130 valence electrons. The molecule has 1 unspecified atom stereocenters. The van der Waals surface area contributed by atoms with E-state index in [-0.39, 0.29) is 29.1 Å². The van der Waals surface area contributed by atoms with Crippen molar-refractivity contribution in [2.45, 2.75) is 44.8 Å². The first kappa shape index (κ1) is 17.1. The van der Waals surface area contributed by atoms with Crippen LogP contribution in [-0.2, 0) is 21.2 Å². The third-order valence-electron chi connectivity index (χ3n) is 4.46. The summed E-state index contributed by atoms with van der Waals surface area (Å²) in [5.74, 6) is -1.56. The smallest absolute Gasteiger partial charge is 0.418 e. The maximum Gasteiger partial charge on any atom is 0.418 e. The van der Waals surface area contributed by atoms with Crippen molar-refractivity contribution in [3.63, 3.8) is 0 Å². The minimum Gasteiger partial charge on any atom is -0.465 e. The number of halogens is 4. The molecule has 7 heteroatoms. The van der Waals surface area contributed by atoms with Gasteiger partial charge in [-0.1, -0.05) is 11.6 Å². The first-order chi connectivity index (χ1) is 11.1. The molecule has 3 rings (SSSR count). The van der Waals surface area contributed by atoms with Crippen LogP contribution >= 0.6 is 11.6 Å². The van der Waals surface area contributed by atoms with Gasteiger partial charge in [-0.2, -0.15) is 13.2 Å². The Morgan fingerprint density at radius 1 is 1.42 bits per heavy atom. The Hall–Kier alpha value is -1.69. The Kier molecular flexibility index (Phi) is 3.86. The third kappa shape index (κ3) is 2.48. The summed E-state index contributed by atoms with van der Waals surface area (Å²) in [7, 11) is 0. The second-order valence-corrected chi connectivity index (χ2v) is 7.01. The number of rotatable bonds is 2. The Morgan fingerprint density at radius 2 is 2.08 bits per heavy atom. The summed E-state index contributed by atoms with van der Waals surface area (Å²) in [4.78, 5) is 12.3. The van der Waals surface area contributed by atoms with Crippen molar-refractivity contribution in [3.05, 3.63) is 34.5 Å². The number of aromatic nitrogens is 1. The molecule has 24 heavy (non-hydrogen) atoms. The van der Waals surface area contributed by atoms with Gasteiger partial charge in [-0.3, -0.25) is 4.79 Å². The second-order valence-electron chi connectivity index (χ2n) is 6.58. The quantitative estimate of drug-likeness (QED) is 0.698. The lowest BCUT2D eigenvalue weighted by Crippen LogP contribution is -2.22. The van der Waals surface area contributed by atoms with Crippen molar-refractivity contribution < 1.29 is 22.7 Å². The van der Waals surface area contributed by atoms with Gasteiger partial charge in [-0.15, -0.1) is 0 Å². The van der Waals surface area contributed by atoms with Crippen LogP contribution in [0.25, 0.3) is 10.9 Å². The van der Waals surface area contributed by atoms with E-state index in [1.807, 2.05) is 13.8 Å². The van der Waals surface area contributed by atoms with Crippen LogP contribution in [0.4, 0.5) is 13.2 Å². The number of alkyl halides is 3. The number of nitrogens with zero attached hydrogens (tertiary/aromatic N) is 1. The van der Waals surface area contributed by atoms with Crippen molar-refractivity contribution in [3.8, 4) is 0 Å². The summed E-state index contributed by atoms with van der Waals surface area (Å²) in [6.45, 7) is 5.41. The number of carbonyl (C=O) groups is 1. The van der Waals surface area contributed by atoms with Gasteiger partial charge >= 0.3 is 12.1 Å². The SMILES string of the molecule is CCOC(=O)C1CC(C)(C)n2c1c(C(F)(F)F)c1cc(Cl)ccc12. The summed E-state index contributed by atoms with van der Waals surface area (Å²) in [6, 6.07) is 4.44. The molecule has 1 aliphatic rings. The average molecular weight is 360 g/mol. The average Bonchev–Trinajstić information content (AvgIpc) is 2.91. The Balaban J connectivity index is 2.38. The topological polar surface area (TPSA) is 31.2 Å². The Bertz CT molecular complexity index is 823. The number of hydrogen-bond donors (Lipinski definition) is 0. The minimum atomic E-state index is -4.59. The van der Waals surface area contributed by atoms with Crippen LogP contribution in [0, 0.1) is 0 Å². The monoisotopic (exact) mass is 359 g/mol. The van der Waals surface area contributed by atoms with Gasteiger partial charge in [-0.05, 0) is 45.4 Å². The Labute approximate surface area is 142 Å². The van der Waals surface area contributed by atoms with E-state index < -0.39 is 29.2 Å². The fraction of sp³-hybridized carbons (Fsp3) is 0.471. The van der Waals surface area contributed by atoms with Crippen LogP contribution in [0.3, 0.4) is 0 Å². The molecule has 0 radical (unpaired) electrons. The Morgan fingerprint density at radius 3 is 2.67 bits per heavy atom. The third-order valence-corrected chi connectivity index (χ3v) is 4.69. The van der Waals surface area contributed by atoms with Crippen LogP contribution in [0.5, 0.6) is 0 Å². The minimum absolute atomic E-state index is 0.0204. The molecule has 0 N–H and O–H groups in total. The fourth-order valence-corrected chi connectivity index (χ4v) is 3.86. The predicted molar refractivity (Wildman–Crippen MR) is 85.3 cm³/mol. The van der Waals surface area contributed by atoms with Gasteiger partial charge < -0.3 is 9.30 Å². The van der Waals surface area contributed by atoms with Gasteiger partial charge in [0.2, 0.25) is 0 Å². The normalized spacial score (nSPS) is 19.5. The van der Waals surface area contributed by atoms with E-state index >= 15 is 0 Å². The van der Waals surface area contributed by atoms with Crippen molar-refractivity contribution in [2.75, 3.05) is 6.61 Å². The maximum absolute atomic E-state index is 13.8. The largest absolute Gasteiger partial charge is 0.465 e. The van der Waals surface area contributed by atoms with Crippen LogP contribution in [0.1, 0.15) is 44.4 Å². The van der Waals surface area contributed by atoms with Crippen LogP contribution in [-0.4, -0.2) is 17.1 Å². The molecule has 0 bridgehead atoms. The molecule has 1 aromatic heterocycles. The molecule has 1 aliphatic heterocycles. The number of esters is 1. The molecule has 0 amide bonds. The lowest BCUT2D eigenvalue weighted by molar-refractivity contribution is -0.146. The molecule has 1 aromatic carbocycles. The van der Waals surface area contributed by atoms with Crippen LogP contribution in [0.2, 0.25) is 5.02 Å². The van der Waals surface area contributed by atoms with Crippen molar-refractivity contribution >= 4 is 28.5 Å². The van der Waals surface area contributed by atoms with Gasteiger partial charge in [0.05, 0.1) is 18.1 Å². The molecule has 2 aromatic rings. The molecule has 1 atom stereocenters. The van der Waals surface area contributed by atoms with E-state index in [0.29, 0.717) is 5.52 Å². The first-order valence-corrected chi connectivity index (χ1v) is 8.04. The molecular weight excluding hydrogens is 343 g/mol. The van der Waals surface area contributed by atoms with E-state index in [2.05, 4.69) is 0 Å². The standard InChI is InChI=1S/C17H17ClF3NO2/c1-4-24-15(23)11-8-16(2,3)22-12-6-5-9(18)7-10(12)13(14(11)22)17(19,20)21/h5-7,11H,4,8H2,1-3H3. The summed E-state index contributed by atoms with van der Waals surface area (Å²) >= 11 is 5.92. The summed E-state index contributed by atoms with van der Waals surface area (Å²) in [5.41, 5.74) is -1.02. The van der Waals surface area contributed by atoms with E-state index in [1.54, 1.807) is 23.6 Å². The lowest BCUT2D eigenvalue weighted by Gasteiger charge is -2.22. The molecule has 0 aliphatic carbocycles. The van der Waals surface area contributed by atoms with Crippen LogP contribution < -0.4 is 0 Å². The summed E-state index contributed by atoms with van der Waals surface area (Å²) in [5, 5.41) is 0.245. The fourth-order valence-electron chi connectivity index (χ4n) is 3.69. The van der Waals surface area contributed by atoms with Gasteiger partial charge in [0.25, 0.3) is 0 Å². The molecule has 3 nitrogen and oxygen atoms in total. The van der Waals surface area contributed by atoms with Crippen LogP contribution in [0.15, 0.2) is 18.2 Å². The zero-order chi connectivity index (χ0) is 17.9. The number of benzene rings is 1. The van der Waals surface area contributed by atoms with Gasteiger partial charge in [0.1, 0.15) is 0 Å². The lowest BCUT2D eigenvalue weighted by atomic mass is 9.91. The highest BCUT2D eigenvalue weighted by Crippen LogP contribution is 2.51. The highest BCUT2D eigenvalue weighted by molar-refractivity contribution is 6.31. The zero-order valence-corrected chi connectivity index (χ0v) is 14.3. The van der Waals surface area contributed by atoms with Gasteiger partial charge in [0, 0.05) is 27.2 Å². The number of hydrogen-bond acceptors (Lipinski definition) is 2. The first-order valence-electron chi connectivity index (χ1n) is 7.66. The van der Waals surface area contributed by atoms with Gasteiger partial charge in [0.15, 0.2) is 0 Å². The van der Waals surface area contributed by atoms with Crippen molar-refractivity contribution in [1.82, 2.24) is 4.57 Å². The number of fused-ring (bicyclic) bond motifs is 3. The molecule has 0 saturated carbocycles. The second kappa shape index (κ2) is 5.41. The van der Waals surface area contributed by atoms with E-state index in [1.165, 1.54) is 6.07 Å².